The Balaban J connectivity index is 2.22. The molecule has 1 N–H and O–H groups in total. The van der Waals surface area contributed by atoms with Crippen molar-refractivity contribution in [3.63, 3.8) is 0 Å². The first kappa shape index (κ1) is 13.7. The van der Waals surface area contributed by atoms with Crippen molar-refractivity contribution in [1.29, 1.82) is 0 Å². The molecular formula is C12H18N2O2S2. The molecule has 1 aliphatic rings. The predicted molar refractivity (Wildman–Crippen MR) is 76.9 cm³/mol. The summed E-state index contributed by atoms with van der Waals surface area (Å²) < 4.78 is 0. The molecule has 18 heavy (non-hydrogen) atoms. The number of carboxylic acid groups (broad SMARTS) is 1. The van der Waals surface area contributed by atoms with Crippen LogP contribution in [0.5, 0.6) is 0 Å². The normalized spacial score (nSPS) is 21.1. The van der Waals surface area contributed by atoms with E-state index in [1.165, 1.54) is 0 Å². The second-order valence-corrected chi connectivity index (χ2v) is 7.05. The molecule has 1 aliphatic heterocycles. The first-order valence-corrected chi connectivity index (χ1v) is 8.00. The Morgan fingerprint density at radius 3 is 2.94 bits per heavy atom. The maximum atomic E-state index is 11.2. The molecule has 0 saturated carbocycles. The monoisotopic (exact) mass is 286 g/mol. The Bertz CT molecular complexity index is 445. The number of carboxylic acids is 1. The summed E-state index contributed by atoms with van der Waals surface area (Å²) in [4.78, 5) is 18.0. The molecular weight excluding hydrogens is 268 g/mol. The summed E-state index contributed by atoms with van der Waals surface area (Å²) >= 11 is 3.51. The van der Waals surface area contributed by atoms with E-state index in [9.17, 15) is 9.90 Å². The van der Waals surface area contributed by atoms with Crippen LogP contribution in [0.1, 0.15) is 26.5 Å². The first-order valence-electron chi connectivity index (χ1n) is 5.96. The number of thiazole rings is 1. The number of aliphatic carboxylic acids is 1. The van der Waals surface area contributed by atoms with Gasteiger partial charge in [0, 0.05) is 29.5 Å². The molecule has 1 aromatic heterocycles. The standard InChI is InChI=1S/C12H18N2O2S2/c1-8-6-17-5-4-14(8)11-13-9(7-18-11)12(2,3)10(15)16/h7-8H,4-6H2,1-3H3,(H,15,16). The lowest BCUT2D eigenvalue weighted by molar-refractivity contribution is -0.142. The Hall–Kier alpha value is -0.750. The summed E-state index contributed by atoms with van der Waals surface area (Å²) in [5.41, 5.74) is -0.261. The molecule has 1 fully saturated rings. The van der Waals surface area contributed by atoms with Crippen LogP contribution in [0.25, 0.3) is 0 Å². The van der Waals surface area contributed by atoms with E-state index in [1.807, 2.05) is 17.1 Å². The summed E-state index contributed by atoms with van der Waals surface area (Å²) in [5, 5.41) is 12.0. The third-order valence-electron chi connectivity index (χ3n) is 3.28. The largest absolute Gasteiger partial charge is 0.481 e. The number of anilines is 1. The van der Waals surface area contributed by atoms with Crippen LogP contribution in [0.2, 0.25) is 0 Å². The average molecular weight is 286 g/mol. The molecule has 1 atom stereocenters. The van der Waals surface area contributed by atoms with Gasteiger partial charge in [0.1, 0.15) is 5.41 Å². The van der Waals surface area contributed by atoms with Crippen molar-refractivity contribution < 1.29 is 9.90 Å². The molecule has 0 aliphatic carbocycles. The zero-order chi connectivity index (χ0) is 13.3. The third-order valence-corrected chi connectivity index (χ3v) is 5.35. The summed E-state index contributed by atoms with van der Waals surface area (Å²) in [7, 11) is 0. The highest BCUT2D eigenvalue weighted by atomic mass is 32.2. The lowest BCUT2D eigenvalue weighted by atomic mass is 9.90. The van der Waals surface area contributed by atoms with Crippen LogP contribution in [0.3, 0.4) is 0 Å². The maximum absolute atomic E-state index is 11.2. The van der Waals surface area contributed by atoms with E-state index in [4.69, 9.17) is 0 Å². The van der Waals surface area contributed by atoms with Crippen LogP contribution in [-0.2, 0) is 10.2 Å². The van der Waals surface area contributed by atoms with Gasteiger partial charge in [0.25, 0.3) is 0 Å². The van der Waals surface area contributed by atoms with E-state index < -0.39 is 11.4 Å². The van der Waals surface area contributed by atoms with E-state index in [1.54, 1.807) is 25.2 Å². The van der Waals surface area contributed by atoms with Gasteiger partial charge >= 0.3 is 5.97 Å². The molecule has 1 aromatic rings. The summed E-state index contributed by atoms with van der Waals surface area (Å²) in [6.45, 7) is 6.58. The van der Waals surface area contributed by atoms with Gasteiger partial charge in [-0.05, 0) is 20.8 Å². The summed E-state index contributed by atoms with van der Waals surface area (Å²) in [6.07, 6.45) is 0. The van der Waals surface area contributed by atoms with Crippen LogP contribution in [0.4, 0.5) is 5.13 Å². The van der Waals surface area contributed by atoms with E-state index in [-0.39, 0.29) is 0 Å². The van der Waals surface area contributed by atoms with Gasteiger partial charge in [-0.3, -0.25) is 4.79 Å². The first-order chi connectivity index (χ1) is 8.43. The number of hydrogen-bond donors (Lipinski definition) is 1. The topological polar surface area (TPSA) is 53.4 Å². The Kier molecular flexibility index (Phi) is 3.87. The van der Waals surface area contributed by atoms with E-state index in [0.717, 1.165) is 23.2 Å². The Labute approximate surface area is 115 Å². The van der Waals surface area contributed by atoms with E-state index in [0.29, 0.717) is 11.7 Å². The molecule has 2 heterocycles. The SMILES string of the molecule is CC1CSCCN1c1nc(C(C)(C)C(=O)O)cs1. The lowest BCUT2D eigenvalue weighted by Crippen LogP contribution is -2.40. The molecule has 0 aromatic carbocycles. The van der Waals surface area contributed by atoms with Gasteiger partial charge in [-0.2, -0.15) is 11.8 Å². The molecule has 0 bridgehead atoms. The number of aromatic nitrogens is 1. The van der Waals surface area contributed by atoms with Crippen LogP contribution >= 0.6 is 23.1 Å². The van der Waals surface area contributed by atoms with Gasteiger partial charge < -0.3 is 10.0 Å². The molecule has 6 heteroatoms. The number of thioether (sulfide) groups is 1. The second-order valence-electron chi connectivity index (χ2n) is 5.06. The zero-order valence-electron chi connectivity index (χ0n) is 10.8. The Morgan fingerprint density at radius 2 is 2.33 bits per heavy atom. The average Bonchev–Trinajstić information content (AvgIpc) is 2.79. The highest BCUT2D eigenvalue weighted by molar-refractivity contribution is 7.99. The van der Waals surface area contributed by atoms with Crippen LogP contribution in [0, 0.1) is 0 Å². The molecule has 1 unspecified atom stereocenters. The lowest BCUT2D eigenvalue weighted by Gasteiger charge is -2.32. The fourth-order valence-corrected chi connectivity index (χ4v) is 3.94. The molecule has 0 amide bonds. The molecule has 1 saturated heterocycles. The fraction of sp³-hybridized carbons (Fsp3) is 0.667. The minimum atomic E-state index is -0.914. The highest BCUT2D eigenvalue weighted by Crippen LogP contribution is 2.31. The summed E-state index contributed by atoms with van der Waals surface area (Å²) in [6, 6.07) is 0.468. The van der Waals surface area contributed by atoms with Gasteiger partial charge in [0.2, 0.25) is 0 Å². The predicted octanol–water partition coefficient (Wildman–Crippen LogP) is 2.45. The van der Waals surface area contributed by atoms with Crippen molar-refractivity contribution in [3.8, 4) is 0 Å². The molecule has 4 nitrogen and oxygen atoms in total. The molecule has 0 radical (unpaired) electrons. The van der Waals surface area contributed by atoms with E-state index in [2.05, 4.69) is 16.8 Å². The molecule has 2 rings (SSSR count). The number of carbonyl (C=O) groups is 1. The van der Waals surface area contributed by atoms with Gasteiger partial charge in [0.05, 0.1) is 5.69 Å². The second kappa shape index (κ2) is 5.09. The highest BCUT2D eigenvalue weighted by Gasteiger charge is 2.33. The van der Waals surface area contributed by atoms with Crippen molar-refractivity contribution in [2.45, 2.75) is 32.2 Å². The zero-order valence-corrected chi connectivity index (χ0v) is 12.5. The summed E-state index contributed by atoms with van der Waals surface area (Å²) in [5.74, 6) is 1.39. The van der Waals surface area contributed by atoms with Crippen molar-refractivity contribution in [2.75, 3.05) is 23.0 Å². The van der Waals surface area contributed by atoms with Crippen LogP contribution in [-0.4, -0.2) is 40.2 Å². The molecule has 0 spiro atoms. The Morgan fingerprint density at radius 1 is 1.61 bits per heavy atom. The third kappa shape index (κ3) is 2.49. The van der Waals surface area contributed by atoms with E-state index >= 15 is 0 Å². The minimum absolute atomic E-state index is 0.468. The van der Waals surface area contributed by atoms with Gasteiger partial charge in [-0.15, -0.1) is 11.3 Å². The van der Waals surface area contributed by atoms with Crippen molar-refractivity contribution in [3.05, 3.63) is 11.1 Å². The van der Waals surface area contributed by atoms with Crippen molar-refractivity contribution in [1.82, 2.24) is 4.98 Å². The number of hydrogen-bond acceptors (Lipinski definition) is 5. The van der Waals surface area contributed by atoms with Gasteiger partial charge in [-0.25, -0.2) is 4.98 Å². The maximum Gasteiger partial charge on any atom is 0.315 e. The van der Waals surface area contributed by atoms with Crippen molar-refractivity contribution in [2.24, 2.45) is 0 Å². The van der Waals surface area contributed by atoms with Crippen LogP contribution in [0.15, 0.2) is 5.38 Å². The van der Waals surface area contributed by atoms with Crippen molar-refractivity contribution >= 4 is 34.2 Å². The smallest absolute Gasteiger partial charge is 0.315 e. The quantitative estimate of drug-likeness (QED) is 0.925. The fourth-order valence-electron chi connectivity index (χ4n) is 1.80. The van der Waals surface area contributed by atoms with Crippen LogP contribution < -0.4 is 4.90 Å². The van der Waals surface area contributed by atoms with Gasteiger partial charge in [0.15, 0.2) is 5.13 Å². The minimum Gasteiger partial charge on any atom is -0.481 e. The number of nitrogens with zero attached hydrogens (tertiary/aromatic N) is 2. The van der Waals surface area contributed by atoms with Gasteiger partial charge in [-0.1, -0.05) is 0 Å². The molecule has 100 valence electrons. The number of rotatable bonds is 3.